The van der Waals surface area contributed by atoms with E-state index in [2.05, 4.69) is 0 Å². The fraction of sp³-hybridized carbons (Fsp3) is 0.143. The number of benzene rings is 2. The molecule has 2 N–H and O–H groups in total. The van der Waals surface area contributed by atoms with Crippen LogP contribution in [0.5, 0.6) is 0 Å². The quantitative estimate of drug-likeness (QED) is 0.829. The molecule has 6 nitrogen and oxygen atoms in total. The van der Waals surface area contributed by atoms with Crippen molar-refractivity contribution in [3.05, 3.63) is 47.5 Å². The summed E-state index contributed by atoms with van der Waals surface area (Å²) in [6, 6.07) is 8.22. The molecular weight excluding hydrogens is 328 g/mol. The van der Waals surface area contributed by atoms with Crippen LogP contribution in [0, 0.1) is 13.8 Å². The predicted molar refractivity (Wildman–Crippen MR) is 81.0 cm³/mol. The van der Waals surface area contributed by atoms with Crippen LogP contribution in [-0.2, 0) is 20.2 Å². The topological polar surface area (TPSA) is 109 Å². The van der Waals surface area contributed by atoms with E-state index in [1.165, 1.54) is 36.4 Å². The van der Waals surface area contributed by atoms with Gasteiger partial charge >= 0.3 is 0 Å². The molecule has 0 atom stereocenters. The molecule has 0 aromatic heterocycles. The first-order valence-electron chi connectivity index (χ1n) is 6.17. The molecule has 0 fully saturated rings. The lowest BCUT2D eigenvalue weighted by Gasteiger charge is -2.12. The highest BCUT2D eigenvalue weighted by Gasteiger charge is 2.23. The van der Waals surface area contributed by atoms with E-state index in [1.54, 1.807) is 13.8 Å². The van der Waals surface area contributed by atoms with Crippen LogP contribution in [0.3, 0.4) is 0 Å². The summed E-state index contributed by atoms with van der Waals surface area (Å²) in [5.41, 5.74) is 1.37. The van der Waals surface area contributed by atoms with E-state index in [0.717, 1.165) is 0 Å². The molecule has 0 radical (unpaired) electrons. The van der Waals surface area contributed by atoms with Crippen LogP contribution in [-0.4, -0.2) is 25.9 Å². The van der Waals surface area contributed by atoms with Gasteiger partial charge in [-0.3, -0.25) is 9.11 Å². The summed E-state index contributed by atoms with van der Waals surface area (Å²) < 4.78 is 64.8. The molecule has 0 heterocycles. The van der Waals surface area contributed by atoms with E-state index in [0.29, 0.717) is 11.1 Å². The molecule has 0 bridgehead atoms. The van der Waals surface area contributed by atoms with Gasteiger partial charge in [0.05, 0.1) is 0 Å². The Labute approximate surface area is 128 Å². The Hall–Kier alpha value is -1.74. The normalized spacial score (nSPS) is 12.4. The molecule has 0 unspecified atom stereocenters. The molecular formula is C14H14O6S2. The number of rotatable bonds is 3. The molecule has 22 heavy (non-hydrogen) atoms. The van der Waals surface area contributed by atoms with E-state index in [1.807, 2.05) is 0 Å². The van der Waals surface area contributed by atoms with Crippen LogP contribution < -0.4 is 0 Å². The minimum Gasteiger partial charge on any atom is -0.282 e. The zero-order valence-electron chi connectivity index (χ0n) is 11.8. The molecule has 0 aliphatic heterocycles. The second-order valence-corrected chi connectivity index (χ2v) is 7.73. The largest absolute Gasteiger partial charge is 0.295 e. The van der Waals surface area contributed by atoms with Gasteiger partial charge in [0.25, 0.3) is 20.2 Å². The van der Waals surface area contributed by atoms with Gasteiger partial charge in [0.15, 0.2) is 0 Å². The Balaban J connectivity index is 2.94. The summed E-state index contributed by atoms with van der Waals surface area (Å²) in [5.74, 6) is 0. The first kappa shape index (κ1) is 16.6. The minimum atomic E-state index is -4.55. The number of hydrogen-bond donors (Lipinski definition) is 2. The Bertz CT molecular complexity index is 864. The molecule has 0 saturated carbocycles. The molecule has 2 rings (SSSR count). The number of hydrogen-bond acceptors (Lipinski definition) is 4. The van der Waals surface area contributed by atoms with Crippen LogP contribution in [0.25, 0.3) is 11.1 Å². The highest BCUT2D eigenvalue weighted by molar-refractivity contribution is 7.86. The molecule has 8 heteroatoms. The first-order valence-corrected chi connectivity index (χ1v) is 9.05. The fourth-order valence-electron chi connectivity index (χ4n) is 2.16. The minimum absolute atomic E-state index is 0.0128. The summed E-state index contributed by atoms with van der Waals surface area (Å²) in [5, 5.41) is 0. The van der Waals surface area contributed by atoms with Crippen molar-refractivity contribution in [2.75, 3.05) is 0 Å². The Morgan fingerprint density at radius 3 is 1.27 bits per heavy atom. The molecule has 0 aliphatic carbocycles. The second-order valence-electron chi connectivity index (χ2n) is 4.95. The van der Waals surface area contributed by atoms with Gasteiger partial charge in [-0.1, -0.05) is 23.3 Å². The Morgan fingerprint density at radius 2 is 1.00 bits per heavy atom. The molecule has 0 aliphatic rings. The highest BCUT2D eigenvalue weighted by atomic mass is 32.2. The molecule has 0 amide bonds. The maximum atomic E-state index is 11.5. The summed E-state index contributed by atoms with van der Waals surface area (Å²) in [6.07, 6.45) is 0. The summed E-state index contributed by atoms with van der Waals surface area (Å²) in [7, 11) is -9.10. The average molecular weight is 342 g/mol. The van der Waals surface area contributed by atoms with Crippen LogP contribution in [0.15, 0.2) is 46.2 Å². The maximum Gasteiger partial charge on any atom is 0.295 e. The van der Waals surface area contributed by atoms with Gasteiger partial charge in [-0.05, 0) is 38.1 Å². The van der Waals surface area contributed by atoms with Gasteiger partial charge in [0, 0.05) is 11.1 Å². The van der Waals surface area contributed by atoms with E-state index < -0.39 is 30.0 Å². The average Bonchev–Trinajstić information content (AvgIpc) is 2.35. The van der Waals surface area contributed by atoms with E-state index in [4.69, 9.17) is 0 Å². The van der Waals surface area contributed by atoms with Gasteiger partial charge in [0.1, 0.15) is 9.79 Å². The fourth-order valence-corrected chi connectivity index (χ4v) is 3.53. The zero-order valence-corrected chi connectivity index (χ0v) is 13.4. The van der Waals surface area contributed by atoms with Crippen LogP contribution in [0.1, 0.15) is 11.1 Å². The second kappa shape index (κ2) is 5.47. The van der Waals surface area contributed by atoms with Gasteiger partial charge in [-0.2, -0.15) is 16.8 Å². The van der Waals surface area contributed by atoms with Crippen molar-refractivity contribution < 1.29 is 25.9 Å². The lowest BCUT2D eigenvalue weighted by atomic mass is 10.0. The number of aryl methyl sites for hydroxylation is 2. The third kappa shape index (κ3) is 3.36. The van der Waals surface area contributed by atoms with Crippen molar-refractivity contribution in [2.24, 2.45) is 0 Å². The summed E-state index contributed by atoms with van der Waals surface area (Å²) in [6.45, 7) is 3.39. The Morgan fingerprint density at radius 1 is 0.682 bits per heavy atom. The highest BCUT2D eigenvalue weighted by Crippen LogP contribution is 2.33. The third-order valence-corrected chi connectivity index (χ3v) is 4.94. The van der Waals surface area contributed by atoms with E-state index in [-0.39, 0.29) is 11.1 Å². The summed E-state index contributed by atoms with van der Waals surface area (Å²) in [4.78, 5) is -0.845. The van der Waals surface area contributed by atoms with Crippen molar-refractivity contribution in [1.82, 2.24) is 0 Å². The monoisotopic (exact) mass is 342 g/mol. The van der Waals surface area contributed by atoms with Gasteiger partial charge in [-0.25, -0.2) is 0 Å². The van der Waals surface area contributed by atoms with Crippen molar-refractivity contribution in [3.63, 3.8) is 0 Å². The van der Waals surface area contributed by atoms with E-state index >= 15 is 0 Å². The molecule has 118 valence electrons. The smallest absolute Gasteiger partial charge is 0.282 e. The molecule has 0 spiro atoms. The van der Waals surface area contributed by atoms with Crippen LogP contribution in [0.2, 0.25) is 0 Å². The molecule has 0 saturated heterocycles. The van der Waals surface area contributed by atoms with Crippen molar-refractivity contribution >= 4 is 20.2 Å². The Kier molecular flexibility index (Phi) is 4.14. The van der Waals surface area contributed by atoms with Crippen LogP contribution >= 0.6 is 0 Å². The lowest BCUT2D eigenvalue weighted by molar-refractivity contribution is 0.480. The summed E-state index contributed by atoms with van der Waals surface area (Å²) >= 11 is 0. The van der Waals surface area contributed by atoms with Gasteiger partial charge < -0.3 is 0 Å². The van der Waals surface area contributed by atoms with E-state index in [9.17, 15) is 25.9 Å². The third-order valence-electron chi connectivity index (χ3n) is 3.12. The molecule has 2 aromatic rings. The van der Waals surface area contributed by atoms with Crippen molar-refractivity contribution in [2.45, 2.75) is 23.6 Å². The maximum absolute atomic E-state index is 11.5. The lowest BCUT2D eigenvalue weighted by Crippen LogP contribution is -2.05. The van der Waals surface area contributed by atoms with Crippen molar-refractivity contribution in [1.29, 1.82) is 0 Å². The van der Waals surface area contributed by atoms with Crippen molar-refractivity contribution in [3.8, 4) is 11.1 Å². The van der Waals surface area contributed by atoms with Gasteiger partial charge in [0.2, 0.25) is 0 Å². The first-order chi connectivity index (χ1) is 10.00. The molecule has 2 aromatic carbocycles. The standard InChI is InChI=1S/C14H14O6S2/c1-9-3-5-13(21(15,16)17)11(7-9)12-8-10(2)4-6-14(12)22(18,19)20/h3-8H,1-2H3,(H,15,16,17)(H,18,19,20). The van der Waals surface area contributed by atoms with Crippen LogP contribution in [0.4, 0.5) is 0 Å². The zero-order chi connectivity index (χ0) is 16.7. The predicted octanol–water partition coefficient (Wildman–Crippen LogP) is 2.46. The SMILES string of the molecule is Cc1ccc(S(=O)(=O)O)c(-c2cc(C)ccc2S(=O)(=O)O)c1. The van der Waals surface area contributed by atoms with Gasteiger partial charge in [-0.15, -0.1) is 0 Å².